The minimum Gasteiger partial charge on any atom is -0.493 e. The van der Waals surface area contributed by atoms with Gasteiger partial charge in [-0.05, 0) is 36.4 Å². The van der Waals surface area contributed by atoms with Crippen LogP contribution in [-0.4, -0.2) is 32.6 Å². The number of fused-ring (bicyclic) bond motifs is 1. The van der Waals surface area contributed by atoms with E-state index in [0.717, 1.165) is 10.7 Å². The maximum atomic E-state index is 13.1. The highest BCUT2D eigenvalue weighted by Crippen LogP contribution is 2.45. The molecule has 2 heterocycles. The van der Waals surface area contributed by atoms with E-state index in [1.54, 1.807) is 43.3 Å². The number of amides is 2. The molecule has 0 spiro atoms. The molecule has 1 aliphatic rings. The maximum absolute atomic E-state index is 13.1. The molecule has 1 N–H and O–H groups in total. The Morgan fingerprint density at radius 2 is 1.94 bits per heavy atom. The van der Waals surface area contributed by atoms with E-state index >= 15 is 0 Å². The molecule has 0 saturated heterocycles. The molecule has 1 atom stereocenters. The molecule has 0 fully saturated rings. The number of rotatable bonds is 6. The van der Waals surface area contributed by atoms with Gasteiger partial charge < -0.3 is 24.1 Å². The number of anilines is 2. The number of carbonyl (C=O) groups excluding carboxylic acids is 2. The van der Waals surface area contributed by atoms with Crippen LogP contribution < -0.4 is 19.7 Å². The smallest absolute Gasteiger partial charge is 0.244 e. The number of nitrogens with zero attached hydrogens (tertiary/aromatic N) is 1. The van der Waals surface area contributed by atoms with Crippen LogP contribution in [0.25, 0.3) is 0 Å². The van der Waals surface area contributed by atoms with Gasteiger partial charge in [0.25, 0.3) is 0 Å². The van der Waals surface area contributed by atoms with Gasteiger partial charge in [0.1, 0.15) is 12.3 Å². The van der Waals surface area contributed by atoms with Crippen LogP contribution in [0.1, 0.15) is 17.4 Å². The van der Waals surface area contributed by atoms with Crippen LogP contribution in [-0.2, 0) is 9.59 Å². The first kappa shape index (κ1) is 20.9. The number of ether oxygens (including phenoxy) is 2. The summed E-state index contributed by atoms with van der Waals surface area (Å²) in [5.41, 5.74) is 1.27. The summed E-state index contributed by atoms with van der Waals surface area (Å²) in [6, 6.07) is 16.4. The lowest BCUT2D eigenvalue weighted by atomic mass is 10.2. The third-order valence-corrected chi connectivity index (χ3v) is 6.20. The molecule has 31 heavy (non-hydrogen) atoms. The van der Waals surface area contributed by atoms with E-state index in [1.807, 2.05) is 36.4 Å². The predicted molar refractivity (Wildman–Crippen MR) is 119 cm³/mol. The fraction of sp³-hybridized carbons (Fsp3) is 0.217. The number of benzene rings is 2. The van der Waals surface area contributed by atoms with E-state index < -0.39 is 0 Å². The van der Waals surface area contributed by atoms with Crippen molar-refractivity contribution in [3.63, 3.8) is 0 Å². The third-order valence-electron chi connectivity index (χ3n) is 4.92. The second-order valence-corrected chi connectivity index (χ2v) is 8.14. The summed E-state index contributed by atoms with van der Waals surface area (Å²) in [7, 11) is 3.08. The van der Waals surface area contributed by atoms with Gasteiger partial charge in [-0.1, -0.05) is 12.1 Å². The fourth-order valence-electron chi connectivity index (χ4n) is 3.44. The third kappa shape index (κ3) is 4.54. The van der Waals surface area contributed by atoms with Crippen molar-refractivity contribution in [3.05, 3.63) is 66.6 Å². The molecule has 160 valence electrons. The van der Waals surface area contributed by atoms with Gasteiger partial charge in [-0.15, -0.1) is 11.8 Å². The molecule has 3 aromatic rings. The maximum Gasteiger partial charge on any atom is 0.244 e. The van der Waals surface area contributed by atoms with Gasteiger partial charge in [-0.25, -0.2) is 0 Å². The lowest BCUT2D eigenvalue weighted by molar-refractivity contribution is -0.121. The Morgan fingerprint density at radius 1 is 1.13 bits per heavy atom. The Hall–Kier alpha value is -3.39. The van der Waals surface area contributed by atoms with E-state index in [0.29, 0.717) is 22.9 Å². The molecule has 0 aliphatic carbocycles. The van der Waals surface area contributed by atoms with E-state index in [1.165, 1.54) is 12.0 Å². The molecule has 0 saturated carbocycles. The van der Waals surface area contributed by atoms with Crippen molar-refractivity contribution < 1.29 is 23.5 Å². The Bertz CT molecular complexity index is 1080. The molecule has 0 unspecified atom stereocenters. The molecule has 1 aliphatic heterocycles. The Morgan fingerprint density at radius 3 is 2.68 bits per heavy atom. The molecular weight excluding hydrogens is 416 g/mol. The number of nitrogens with one attached hydrogen (secondary N) is 1. The van der Waals surface area contributed by atoms with Gasteiger partial charge in [0.2, 0.25) is 11.8 Å². The average molecular weight is 439 g/mol. The first-order valence-corrected chi connectivity index (χ1v) is 10.6. The molecule has 8 heteroatoms. The number of methoxy groups -OCH3 is 2. The molecule has 7 nitrogen and oxygen atoms in total. The Kier molecular flexibility index (Phi) is 6.18. The first-order valence-electron chi connectivity index (χ1n) is 9.70. The topological polar surface area (TPSA) is 81.0 Å². The Balaban J connectivity index is 1.55. The first-order chi connectivity index (χ1) is 15.1. The highest BCUT2D eigenvalue weighted by Gasteiger charge is 2.31. The second kappa shape index (κ2) is 9.18. The van der Waals surface area contributed by atoms with Crippen molar-refractivity contribution >= 4 is 35.0 Å². The summed E-state index contributed by atoms with van der Waals surface area (Å²) in [5.74, 6) is 1.37. The Labute approximate surface area is 184 Å². The number of thioether (sulfide) groups is 1. The highest BCUT2D eigenvalue weighted by atomic mass is 32.2. The summed E-state index contributed by atoms with van der Waals surface area (Å²) in [6.45, 7) is -0.102. The van der Waals surface area contributed by atoms with Crippen molar-refractivity contribution in [1.82, 2.24) is 0 Å². The molecule has 4 rings (SSSR count). The number of carbonyl (C=O) groups is 2. The zero-order chi connectivity index (χ0) is 21.8. The van der Waals surface area contributed by atoms with Crippen LogP contribution in [0.4, 0.5) is 11.4 Å². The van der Waals surface area contributed by atoms with Gasteiger partial charge in [0.15, 0.2) is 11.5 Å². The number of para-hydroxylation sites is 1. The molecule has 0 bridgehead atoms. The van der Waals surface area contributed by atoms with Gasteiger partial charge in [-0.2, -0.15) is 0 Å². The van der Waals surface area contributed by atoms with Crippen molar-refractivity contribution in [1.29, 1.82) is 0 Å². The van der Waals surface area contributed by atoms with Gasteiger partial charge >= 0.3 is 0 Å². The van der Waals surface area contributed by atoms with Gasteiger partial charge in [0, 0.05) is 23.1 Å². The zero-order valence-corrected chi connectivity index (χ0v) is 18.0. The highest BCUT2D eigenvalue weighted by molar-refractivity contribution is 7.99. The SMILES string of the molecule is COc1ccc(NC(=O)CN2C(=O)C[C@@H](c3ccco3)Sc3ccccc32)cc1OC. The van der Waals surface area contributed by atoms with Crippen LogP contribution in [0.3, 0.4) is 0 Å². The number of hydrogen-bond donors (Lipinski definition) is 1. The van der Waals surface area contributed by atoms with E-state index in [2.05, 4.69) is 5.32 Å². The lowest BCUT2D eigenvalue weighted by Crippen LogP contribution is -2.38. The molecular formula is C23H22N2O5S. The minimum atomic E-state index is -0.308. The monoisotopic (exact) mass is 438 g/mol. The molecule has 2 aromatic carbocycles. The van der Waals surface area contributed by atoms with Crippen LogP contribution in [0.15, 0.2) is 70.2 Å². The van der Waals surface area contributed by atoms with Crippen molar-refractivity contribution in [3.8, 4) is 11.5 Å². The van der Waals surface area contributed by atoms with E-state index in [4.69, 9.17) is 13.9 Å². The fourth-order valence-corrected chi connectivity index (χ4v) is 4.68. The quantitative estimate of drug-likeness (QED) is 0.610. The summed E-state index contributed by atoms with van der Waals surface area (Å²) >= 11 is 1.56. The minimum absolute atomic E-state index is 0.102. The molecule has 2 amide bonds. The standard InChI is InChI=1S/C23H22N2O5S/c1-28-17-10-9-15(12-19(17)29-2)24-22(26)14-25-16-6-3-4-8-20(16)31-21(13-23(25)27)18-7-5-11-30-18/h3-12,21H,13-14H2,1-2H3,(H,24,26)/t21-/m0/s1. The number of furan rings is 1. The van der Waals surface area contributed by atoms with Gasteiger partial charge in [0.05, 0.1) is 31.4 Å². The van der Waals surface area contributed by atoms with Crippen molar-refractivity contribution in [2.75, 3.05) is 31.0 Å². The van der Waals surface area contributed by atoms with Crippen molar-refractivity contribution in [2.24, 2.45) is 0 Å². The molecule has 0 radical (unpaired) electrons. The summed E-state index contributed by atoms with van der Waals surface area (Å²) in [5, 5.41) is 2.68. The largest absolute Gasteiger partial charge is 0.493 e. The number of hydrogen-bond acceptors (Lipinski definition) is 6. The van der Waals surface area contributed by atoms with E-state index in [-0.39, 0.29) is 30.0 Å². The van der Waals surface area contributed by atoms with Gasteiger partial charge in [-0.3, -0.25) is 9.59 Å². The van der Waals surface area contributed by atoms with Crippen molar-refractivity contribution in [2.45, 2.75) is 16.6 Å². The summed E-state index contributed by atoms with van der Waals surface area (Å²) in [6.07, 6.45) is 1.84. The zero-order valence-electron chi connectivity index (χ0n) is 17.2. The van der Waals surface area contributed by atoms with Crippen LogP contribution in [0, 0.1) is 0 Å². The lowest BCUT2D eigenvalue weighted by Gasteiger charge is -2.22. The van der Waals surface area contributed by atoms with E-state index in [9.17, 15) is 9.59 Å². The van der Waals surface area contributed by atoms with Crippen LogP contribution in [0.5, 0.6) is 11.5 Å². The predicted octanol–water partition coefficient (Wildman–Crippen LogP) is 4.51. The normalized spacial score (nSPS) is 15.7. The summed E-state index contributed by atoms with van der Waals surface area (Å²) in [4.78, 5) is 28.4. The average Bonchev–Trinajstić information content (AvgIpc) is 3.28. The van der Waals surface area contributed by atoms with Crippen LogP contribution in [0.2, 0.25) is 0 Å². The molecule has 1 aromatic heterocycles. The summed E-state index contributed by atoms with van der Waals surface area (Å²) < 4.78 is 16.0. The second-order valence-electron chi connectivity index (χ2n) is 6.89. The van der Waals surface area contributed by atoms with Crippen LogP contribution >= 0.6 is 11.8 Å².